The van der Waals surface area contributed by atoms with E-state index in [9.17, 15) is 29.5 Å². The van der Waals surface area contributed by atoms with Gasteiger partial charge in [-0.05, 0) is 20.8 Å². The number of aromatic nitrogens is 2. The Morgan fingerprint density at radius 1 is 1.27 bits per heavy atom. The average molecular weight is 590 g/mol. The van der Waals surface area contributed by atoms with Gasteiger partial charge in [-0.2, -0.15) is 0 Å². The van der Waals surface area contributed by atoms with Crippen molar-refractivity contribution in [1.29, 1.82) is 0 Å². The molecule has 3 amide bonds. The number of β-lactam (4-membered cyclic amide) rings is 1. The number of nitrogens with zero attached hydrogens (tertiary/aromatic N) is 4. The summed E-state index contributed by atoms with van der Waals surface area (Å²) in [6, 6.07) is 2.39. The molecule has 0 aromatic carbocycles. The summed E-state index contributed by atoms with van der Waals surface area (Å²) in [5.41, 5.74) is 5.99. The molecule has 0 aliphatic carbocycles. The number of nitrogen functional groups attached to an aromatic ring is 1. The molecule has 2 aliphatic heterocycles. The molecule has 212 valence electrons. The number of nitrogens with one attached hydrogen (secondary N) is 3. The molecule has 2 aliphatic rings. The van der Waals surface area contributed by atoms with Crippen molar-refractivity contribution in [3.05, 3.63) is 46.9 Å². The highest BCUT2D eigenvalue weighted by molar-refractivity contribution is 8.00. The molecule has 0 radical (unpaired) electrons. The summed E-state index contributed by atoms with van der Waals surface area (Å²) >= 11 is 2.36. The number of pyridine rings is 1. The number of amides is 3. The number of thiazole rings is 1. The molecule has 4 rings (SSSR count). The first kappa shape index (κ1) is 29.0. The molecular formula is C24H29N8O6S2+. The van der Waals surface area contributed by atoms with E-state index in [1.54, 1.807) is 29.1 Å². The number of oxime groups is 1. The van der Waals surface area contributed by atoms with Gasteiger partial charge >= 0.3 is 5.97 Å². The van der Waals surface area contributed by atoms with Gasteiger partial charge in [0.25, 0.3) is 11.8 Å². The van der Waals surface area contributed by atoms with E-state index < -0.39 is 34.9 Å². The van der Waals surface area contributed by atoms with Crippen LogP contribution in [0.1, 0.15) is 26.5 Å². The van der Waals surface area contributed by atoms with E-state index in [0.29, 0.717) is 17.0 Å². The minimum atomic E-state index is -1.26. The molecule has 1 unspecified atom stereocenters. The topological polar surface area (TPSA) is 203 Å². The van der Waals surface area contributed by atoms with Crippen molar-refractivity contribution in [2.45, 2.75) is 44.3 Å². The molecule has 2 aromatic rings. The van der Waals surface area contributed by atoms with Crippen LogP contribution in [0.3, 0.4) is 0 Å². The average Bonchev–Trinajstić information content (AvgIpc) is 3.32. The van der Waals surface area contributed by atoms with Crippen molar-refractivity contribution in [1.82, 2.24) is 20.5 Å². The number of carboxylic acids is 1. The first-order chi connectivity index (χ1) is 18.9. The maximum atomic E-state index is 13.0. The van der Waals surface area contributed by atoms with Crippen LogP contribution >= 0.6 is 23.1 Å². The van der Waals surface area contributed by atoms with E-state index >= 15 is 0 Å². The second-order valence-corrected chi connectivity index (χ2v) is 12.0. The zero-order valence-electron chi connectivity index (χ0n) is 21.9. The number of hydrogen-bond acceptors (Lipinski definition) is 11. The molecule has 1 fully saturated rings. The molecule has 14 nitrogen and oxygen atoms in total. The Hall–Kier alpha value is -4.02. The van der Waals surface area contributed by atoms with Crippen LogP contribution in [0.2, 0.25) is 0 Å². The Morgan fingerprint density at radius 2 is 1.98 bits per heavy atom. The number of fused-ring (bicyclic) bond motifs is 1. The Labute approximate surface area is 237 Å². The second-order valence-electron chi connectivity index (χ2n) is 10.0. The Morgan fingerprint density at radius 3 is 2.55 bits per heavy atom. The van der Waals surface area contributed by atoms with Crippen LogP contribution in [-0.2, 0) is 25.7 Å². The van der Waals surface area contributed by atoms with Crippen molar-refractivity contribution in [2.75, 3.05) is 23.3 Å². The van der Waals surface area contributed by atoms with Crippen LogP contribution < -0.4 is 26.3 Å². The zero-order chi connectivity index (χ0) is 29.2. The molecule has 40 heavy (non-hydrogen) atoms. The van der Waals surface area contributed by atoms with Crippen LogP contribution in [0.4, 0.5) is 10.8 Å². The van der Waals surface area contributed by atoms with Crippen molar-refractivity contribution >= 4 is 63.3 Å². The maximum Gasteiger partial charge on any atom is 0.352 e. The molecule has 4 heterocycles. The van der Waals surface area contributed by atoms with E-state index in [0.717, 1.165) is 16.2 Å². The molecular weight excluding hydrogens is 560 g/mol. The third kappa shape index (κ3) is 6.40. The lowest BCUT2D eigenvalue weighted by Crippen LogP contribution is -2.71. The van der Waals surface area contributed by atoms with Gasteiger partial charge in [-0.1, -0.05) is 5.16 Å². The number of aliphatic carboxylic acids is 1. The number of anilines is 2. The van der Waals surface area contributed by atoms with E-state index in [-0.39, 0.29) is 41.1 Å². The highest BCUT2D eigenvalue weighted by atomic mass is 32.2. The Balaban J connectivity index is 1.42. The van der Waals surface area contributed by atoms with Gasteiger partial charge in [0.15, 0.2) is 29.8 Å². The van der Waals surface area contributed by atoms with Gasteiger partial charge < -0.3 is 32.0 Å². The fraction of sp³-hybridized carbons (Fsp3) is 0.375. The van der Waals surface area contributed by atoms with Crippen LogP contribution in [0.15, 0.2) is 46.3 Å². The zero-order valence-corrected chi connectivity index (χ0v) is 23.5. The predicted octanol–water partition coefficient (Wildman–Crippen LogP) is -0.0435. The first-order valence-corrected chi connectivity index (χ1v) is 14.0. The number of nitrogens with two attached hydrogens (primary N) is 1. The molecule has 7 N–H and O–H groups in total. The lowest BCUT2D eigenvalue weighted by Gasteiger charge is -2.49. The fourth-order valence-corrected chi connectivity index (χ4v) is 5.92. The van der Waals surface area contributed by atoms with Crippen molar-refractivity contribution in [3.8, 4) is 0 Å². The van der Waals surface area contributed by atoms with E-state index in [4.69, 9.17) is 5.73 Å². The Kier molecular flexibility index (Phi) is 8.41. The van der Waals surface area contributed by atoms with Crippen LogP contribution in [-0.4, -0.2) is 78.9 Å². The number of carbonyl (C=O) groups is 4. The quantitative estimate of drug-likeness (QED) is 0.0757. The molecule has 2 atom stereocenters. The number of carbonyl (C=O) groups excluding carboxylic acids is 3. The maximum absolute atomic E-state index is 13.0. The normalized spacial score (nSPS) is 19.1. The smallest absolute Gasteiger partial charge is 0.352 e. The number of hydrogen-bond donors (Lipinski definition) is 6. The van der Waals surface area contributed by atoms with Gasteiger partial charge in [-0.25, -0.2) is 14.3 Å². The van der Waals surface area contributed by atoms with E-state index in [2.05, 4.69) is 26.1 Å². The summed E-state index contributed by atoms with van der Waals surface area (Å²) in [4.78, 5) is 55.1. The fourth-order valence-electron chi connectivity index (χ4n) is 4.04. The van der Waals surface area contributed by atoms with E-state index in [1.807, 2.05) is 20.8 Å². The van der Waals surface area contributed by atoms with E-state index in [1.165, 1.54) is 17.1 Å². The van der Waals surface area contributed by atoms with Crippen LogP contribution in [0.25, 0.3) is 0 Å². The number of thioether (sulfide) groups is 1. The van der Waals surface area contributed by atoms with Gasteiger partial charge in [-0.3, -0.25) is 19.3 Å². The van der Waals surface area contributed by atoms with Gasteiger partial charge in [0, 0.05) is 34.4 Å². The minimum Gasteiger partial charge on any atom is -0.477 e. The van der Waals surface area contributed by atoms with Gasteiger partial charge in [0.1, 0.15) is 22.8 Å². The summed E-state index contributed by atoms with van der Waals surface area (Å²) in [6.45, 7) is 6.25. The van der Waals surface area contributed by atoms with Gasteiger partial charge in [-0.15, -0.1) is 23.1 Å². The van der Waals surface area contributed by atoms with Crippen LogP contribution in [0, 0.1) is 0 Å². The minimum absolute atomic E-state index is 0.0556. The third-order valence-corrected chi connectivity index (χ3v) is 7.96. The standard InChI is InChI=1S/C24H28N8O6S2/c1-24(2,3)26-8-15(33)27-13-4-6-31(7-5-13)9-12-10-39-21-17(20(35)32(21)18(12)22(36)37)29-19(34)16(30-38)14-11-40-23(25)28-14/h4-7,11,17,21,26H,8-10H2,1-3H3,(H5,25,28,29,34,36,37,38)/p+1/t17-,21?/m1/s1. The predicted molar refractivity (Wildman–Crippen MR) is 148 cm³/mol. The summed E-state index contributed by atoms with van der Waals surface area (Å²) in [5.74, 6) is -2.58. The summed E-state index contributed by atoms with van der Waals surface area (Å²) in [7, 11) is 0. The number of rotatable bonds is 9. The SMILES string of the molecule is CC(C)(C)NCC(=O)Nc1cc[n+](CC2=C(C(=O)O)N3C(=O)[C@@H](NC(=O)/C(=N\O)c4csc(N)n4)C3SC2)cc1. The highest BCUT2D eigenvalue weighted by Crippen LogP contribution is 2.40. The highest BCUT2D eigenvalue weighted by Gasteiger charge is 2.54. The van der Waals surface area contributed by atoms with Crippen LogP contribution in [0.5, 0.6) is 0 Å². The molecule has 0 bridgehead atoms. The summed E-state index contributed by atoms with van der Waals surface area (Å²) in [5, 5.41) is 31.6. The lowest BCUT2D eigenvalue weighted by atomic mass is 10.0. The molecule has 2 aromatic heterocycles. The molecule has 0 spiro atoms. The van der Waals surface area contributed by atoms with Crippen molar-refractivity contribution in [2.24, 2.45) is 5.16 Å². The van der Waals surface area contributed by atoms with Gasteiger partial charge in [0.2, 0.25) is 5.91 Å². The van der Waals surface area contributed by atoms with Crippen molar-refractivity contribution < 1.29 is 34.1 Å². The first-order valence-electron chi connectivity index (χ1n) is 12.1. The third-order valence-electron chi connectivity index (χ3n) is 5.94. The molecule has 16 heteroatoms. The number of carboxylic acid groups (broad SMARTS) is 1. The Bertz CT molecular complexity index is 1400. The summed E-state index contributed by atoms with van der Waals surface area (Å²) < 4.78 is 1.75. The summed E-state index contributed by atoms with van der Waals surface area (Å²) in [6.07, 6.45) is 3.41. The second kappa shape index (κ2) is 11.6. The lowest BCUT2D eigenvalue weighted by molar-refractivity contribution is -0.688. The molecule has 1 saturated heterocycles. The molecule has 0 saturated carbocycles. The van der Waals surface area contributed by atoms with Gasteiger partial charge in [0.05, 0.1) is 12.2 Å². The largest absolute Gasteiger partial charge is 0.477 e. The monoisotopic (exact) mass is 589 g/mol. The van der Waals surface area contributed by atoms with Crippen molar-refractivity contribution in [3.63, 3.8) is 0 Å².